The first kappa shape index (κ1) is 28.0. The van der Waals surface area contributed by atoms with Gasteiger partial charge in [-0.1, -0.05) is 46.8 Å². The predicted molar refractivity (Wildman–Crippen MR) is 141 cm³/mol. The van der Waals surface area contributed by atoms with Gasteiger partial charge in [0.25, 0.3) is 5.91 Å². The minimum Gasteiger partial charge on any atom is -0.479 e. The molecule has 1 aromatic heterocycles. The van der Waals surface area contributed by atoms with Crippen molar-refractivity contribution in [3.05, 3.63) is 63.6 Å². The Kier molecular flexibility index (Phi) is 8.22. The number of primary amides is 1. The molecule has 3 amide bonds. The molecule has 0 unspecified atom stereocenters. The van der Waals surface area contributed by atoms with E-state index in [2.05, 4.69) is 31.1 Å². The minimum atomic E-state index is -1.78. The number of carbonyl (C=O) groups is 4. The summed E-state index contributed by atoms with van der Waals surface area (Å²) in [4.78, 5) is 57.1. The zero-order chi connectivity index (χ0) is 27.5. The third-order valence-electron chi connectivity index (χ3n) is 6.29. The van der Waals surface area contributed by atoms with Crippen LogP contribution in [-0.2, 0) is 19.8 Å². The highest BCUT2D eigenvalue weighted by Crippen LogP contribution is 2.47. The van der Waals surface area contributed by atoms with E-state index in [0.29, 0.717) is 10.6 Å². The van der Waals surface area contributed by atoms with Crippen molar-refractivity contribution in [2.24, 2.45) is 11.7 Å². The number of aromatic nitrogens is 1. The summed E-state index contributed by atoms with van der Waals surface area (Å²) in [5.74, 6) is -3.01. The zero-order valence-electron chi connectivity index (χ0n) is 21.8. The second kappa shape index (κ2) is 10.8. The van der Waals surface area contributed by atoms with Gasteiger partial charge in [0.15, 0.2) is 5.54 Å². The Balaban J connectivity index is 2.15. The number of nitrogens with one attached hydrogen (secondary N) is 1. The van der Waals surface area contributed by atoms with E-state index in [9.17, 15) is 24.3 Å². The summed E-state index contributed by atoms with van der Waals surface area (Å²) < 4.78 is 0. The fourth-order valence-corrected chi connectivity index (χ4v) is 5.31. The van der Waals surface area contributed by atoms with Gasteiger partial charge in [0.05, 0.1) is 0 Å². The Hall–Kier alpha value is -3.53. The summed E-state index contributed by atoms with van der Waals surface area (Å²) in [7, 11) is 0. The average molecular weight is 527 g/mol. The van der Waals surface area contributed by atoms with E-state index in [1.807, 2.05) is 26.0 Å². The number of carbonyl (C=O) groups excluding carboxylic acids is 3. The number of carboxylic acid groups (broad SMARTS) is 1. The molecule has 1 aliphatic heterocycles. The summed E-state index contributed by atoms with van der Waals surface area (Å²) in [5, 5.41) is 15.3. The number of nitrogens with zero attached hydrogens (tertiary/aromatic N) is 2. The molecule has 2 aromatic rings. The van der Waals surface area contributed by atoms with Crippen molar-refractivity contribution in [3.8, 4) is 0 Å². The molecule has 0 spiro atoms. The lowest BCUT2D eigenvalue weighted by molar-refractivity contribution is -0.148. The predicted octanol–water partition coefficient (Wildman–Crippen LogP) is 3.43. The fourth-order valence-electron chi connectivity index (χ4n) is 4.56. The summed E-state index contributed by atoms with van der Waals surface area (Å²) in [5.41, 5.74) is 4.73. The number of hydrogen-bond acceptors (Lipinski definition) is 6. The van der Waals surface area contributed by atoms with Gasteiger partial charge in [0.1, 0.15) is 11.0 Å². The second-order valence-electron chi connectivity index (χ2n) is 10.7. The molecule has 3 rings (SSSR count). The quantitative estimate of drug-likeness (QED) is 0.457. The van der Waals surface area contributed by atoms with Crippen LogP contribution in [0.2, 0.25) is 0 Å². The normalized spacial score (nSPS) is 19.6. The second-order valence-corrected chi connectivity index (χ2v) is 11.6. The molecule has 0 fully saturated rings. The van der Waals surface area contributed by atoms with Crippen LogP contribution in [0, 0.1) is 5.92 Å². The van der Waals surface area contributed by atoms with Gasteiger partial charge in [-0.15, -0.1) is 11.3 Å². The molecule has 0 bridgehead atoms. The van der Waals surface area contributed by atoms with Crippen LogP contribution in [0.3, 0.4) is 0 Å². The van der Waals surface area contributed by atoms with E-state index in [1.165, 1.54) is 22.3 Å². The van der Waals surface area contributed by atoms with E-state index in [4.69, 9.17) is 5.73 Å². The van der Waals surface area contributed by atoms with Crippen molar-refractivity contribution in [2.75, 3.05) is 6.54 Å². The molecule has 2 atom stereocenters. The zero-order valence-corrected chi connectivity index (χ0v) is 22.6. The molecule has 0 aliphatic carbocycles. The van der Waals surface area contributed by atoms with Crippen LogP contribution in [0.1, 0.15) is 74.4 Å². The van der Waals surface area contributed by atoms with Crippen LogP contribution >= 0.6 is 11.3 Å². The van der Waals surface area contributed by atoms with Crippen molar-refractivity contribution in [1.82, 2.24) is 15.2 Å². The summed E-state index contributed by atoms with van der Waals surface area (Å²) >= 11 is 1.23. The van der Waals surface area contributed by atoms with E-state index in [1.54, 1.807) is 23.7 Å². The molecule has 0 saturated heterocycles. The smallest absolute Gasteiger partial charge is 0.333 e. The van der Waals surface area contributed by atoms with Crippen molar-refractivity contribution in [3.63, 3.8) is 0 Å². The Morgan fingerprint density at radius 3 is 2.32 bits per heavy atom. The Labute approximate surface area is 220 Å². The Bertz CT molecular complexity index is 1200. The van der Waals surface area contributed by atoms with Gasteiger partial charge in [-0.05, 0) is 41.5 Å². The van der Waals surface area contributed by atoms with Gasteiger partial charge in [0, 0.05) is 35.7 Å². The first-order valence-corrected chi connectivity index (χ1v) is 13.0. The van der Waals surface area contributed by atoms with Crippen LogP contribution in [-0.4, -0.2) is 50.8 Å². The van der Waals surface area contributed by atoms with Crippen molar-refractivity contribution >= 4 is 35.0 Å². The number of nitrogens with two attached hydrogens (primary N) is 1. The maximum absolute atomic E-state index is 14.1. The molecule has 1 aliphatic rings. The van der Waals surface area contributed by atoms with Crippen LogP contribution in [0.15, 0.2) is 47.5 Å². The Morgan fingerprint density at radius 1 is 1.19 bits per heavy atom. The molecule has 0 saturated carbocycles. The van der Waals surface area contributed by atoms with Crippen LogP contribution < -0.4 is 11.1 Å². The first-order valence-electron chi connectivity index (χ1n) is 12.1. The Morgan fingerprint density at radius 2 is 1.84 bits per heavy atom. The minimum absolute atomic E-state index is 0.0113. The number of benzene rings is 1. The highest BCUT2D eigenvalue weighted by atomic mass is 32.1. The lowest BCUT2D eigenvalue weighted by atomic mass is 9.86. The van der Waals surface area contributed by atoms with Gasteiger partial charge in [-0.2, -0.15) is 0 Å². The monoisotopic (exact) mass is 526 g/mol. The fraction of sp³-hybridized carbons (Fsp3) is 0.444. The standard InChI is InChI=1S/C27H34N4O5S/c1-16(2)14-27(25(35)36)15-19(22(33)29-11-10-20(28)32)21(23-30-12-13-37-23)31(27)24(34)17-6-8-18(9-7-17)26(3,4)5/h6-9,12-13,15-16,21H,10-11,14H2,1-5H3,(H2,28,32)(H,29,33)(H,35,36)/t21-,27+/m1/s1. The molecule has 10 heteroatoms. The summed E-state index contributed by atoms with van der Waals surface area (Å²) in [6, 6.07) is 6.08. The first-order chi connectivity index (χ1) is 17.3. The lowest BCUT2D eigenvalue weighted by Crippen LogP contribution is -2.55. The molecule has 9 nitrogen and oxygen atoms in total. The topological polar surface area (TPSA) is 143 Å². The van der Waals surface area contributed by atoms with E-state index < -0.39 is 35.3 Å². The van der Waals surface area contributed by atoms with Gasteiger partial charge >= 0.3 is 5.97 Å². The van der Waals surface area contributed by atoms with Gasteiger partial charge in [-0.3, -0.25) is 14.4 Å². The number of thiazole rings is 1. The van der Waals surface area contributed by atoms with Crippen LogP contribution in [0.4, 0.5) is 0 Å². The van der Waals surface area contributed by atoms with Crippen molar-refractivity contribution in [2.45, 2.75) is 64.5 Å². The number of hydrogen-bond donors (Lipinski definition) is 3. The van der Waals surface area contributed by atoms with E-state index in [0.717, 1.165) is 5.56 Å². The number of aliphatic carboxylic acids is 1. The summed E-state index contributed by atoms with van der Waals surface area (Å²) in [6.07, 6.45) is 2.95. The van der Waals surface area contributed by atoms with E-state index in [-0.39, 0.29) is 36.3 Å². The molecule has 2 heterocycles. The van der Waals surface area contributed by atoms with Crippen LogP contribution in [0.5, 0.6) is 0 Å². The highest BCUT2D eigenvalue weighted by Gasteiger charge is 2.56. The molecular weight excluding hydrogens is 492 g/mol. The van der Waals surface area contributed by atoms with Gasteiger partial charge < -0.3 is 21.1 Å². The maximum Gasteiger partial charge on any atom is 0.333 e. The van der Waals surface area contributed by atoms with Crippen molar-refractivity contribution in [1.29, 1.82) is 0 Å². The largest absolute Gasteiger partial charge is 0.479 e. The molecule has 37 heavy (non-hydrogen) atoms. The molecule has 198 valence electrons. The maximum atomic E-state index is 14.1. The highest BCUT2D eigenvalue weighted by molar-refractivity contribution is 7.09. The molecule has 4 N–H and O–H groups in total. The van der Waals surface area contributed by atoms with E-state index >= 15 is 0 Å². The molecule has 1 aromatic carbocycles. The lowest BCUT2D eigenvalue weighted by Gasteiger charge is -2.39. The molecular formula is C27H34N4O5S. The van der Waals surface area contributed by atoms with Crippen molar-refractivity contribution < 1.29 is 24.3 Å². The third-order valence-corrected chi connectivity index (χ3v) is 7.12. The molecule has 0 radical (unpaired) electrons. The number of rotatable bonds is 9. The van der Waals surface area contributed by atoms with Gasteiger partial charge in [0.2, 0.25) is 11.8 Å². The van der Waals surface area contributed by atoms with Crippen LogP contribution in [0.25, 0.3) is 0 Å². The third kappa shape index (κ3) is 5.90. The number of carboxylic acids is 1. The van der Waals surface area contributed by atoms with Gasteiger partial charge in [-0.25, -0.2) is 9.78 Å². The number of amides is 3. The summed E-state index contributed by atoms with van der Waals surface area (Å²) in [6.45, 7) is 9.91. The SMILES string of the molecule is CC(C)C[C@@]1(C(=O)O)C=C(C(=O)NCCC(N)=O)[C@H](c2nccs2)N1C(=O)c1ccc(C(C)(C)C)cc1. The average Bonchev–Trinajstić information content (AvgIpc) is 3.44.